The quantitative estimate of drug-likeness (QED) is 0.744. The lowest BCUT2D eigenvalue weighted by atomic mass is 10.0. The largest absolute Gasteiger partial charge is 0.492 e. The van der Waals surface area contributed by atoms with Crippen LogP contribution in [0.1, 0.15) is 12.5 Å². The Bertz CT molecular complexity index is 576. The minimum atomic E-state index is -0.878. The summed E-state index contributed by atoms with van der Waals surface area (Å²) in [5.41, 5.74) is 3.78. The summed E-state index contributed by atoms with van der Waals surface area (Å²) in [5.74, 6) is -0.612. The molecule has 0 radical (unpaired) electrons. The van der Waals surface area contributed by atoms with Crippen LogP contribution >= 0.6 is 0 Å². The molecule has 2 aliphatic rings. The summed E-state index contributed by atoms with van der Waals surface area (Å²) in [6, 6.07) is 7.91. The van der Waals surface area contributed by atoms with Crippen LogP contribution in [0.15, 0.2) is 36.7 Å². The van der Waals surface area contributed by atoms with Crippen molar-refractivity contribution in [2.24, 2.45) is 5.92 Å². The van der Waals surface area contributed by atoms with E-state index in [1.54, 1.807) is 18.1 Å². The number of nitrogens with one attached hydrogen (secondary N) is 2. The average molecular weight is 305 g/mol. The van der Waals surface area contributed by atoms with Gasteiger partial charge in [-0.3, -0.25) is 15.1 Å². The van der Waals surface area contributed by atoms with E-state index in [1.165, 1.54) is 6.26 Å². The predicted octanol–water partition coefficient (Wildman–Crippen LogP) is 0.849. The van der Waals surface area contributed by atoms with Gasteiger partial charge in [0.2, 0.25) is 0 Å². The molecule has 0 aliphatic carbocycles. The zero-order valence-corrected chi connectivity index (χ0v) is 12.2. The molecule has 1 aromatic carbocycles. The summed E-state index contributed by atoms with van der Waals surface area (Å²) in [5, 5.41) is 14.3. The molecule has 3 unspecified atom stereocenters. The molecule has 22 heavy (non-hydrogen) atoms. The van der Waals surface area contributed by atoms with Crippen molar-refractivity contribution in [1.82, 2.24) is 15.9 Å². The number of hydrogen-bond donors (Lipinski definition) is 3. The van der Waals surface area contributed by atoms with Gasteiger partial charge in [0.15, 0.2) is 0 Å². The van der Waals surface area contributed by atoms with Crippen LogP contribution < -0.4 is 15.6 Å². The Hall–Kier alpha value is -2.25. The number of carboxylic acid groups (broad SMARTS) is 1. The lowest BCUT2D eigenvalue weighted by molar-refractivity contribution is -0.145. The van der Waals surface area contributed by atoms with Crippen LogP contribution in [0.5, 0.6) is 5.75 Å². The summed E-state index contributed by atoms with van der Waals surface area (Å²) >= 11 is 0. The van der Waals surface area contributed by atoms with Gasteiger partial charge < -0.3 is 14.7 Å². The van der Waals surface area contributed by atoms with E-state index in [-0.39, 0.29) is 6.04 Å². The van der Waals surface area contributed by atoms with Crippen molar-refractivity contribution < 1.29 is 19.5 Å². The molecule has 0 saturated carbocycles. The molecular formula is C15H19N3O4. The molecule has 0 aromatic heterocycles. The van der Waals surface area contributed by atoms with E-state index in [2.05, 4.69) is 10.9 Å². The van der Waals surface area contributed by atoms with Crippen molar-refractivity contribution >= 4 is 5.97 Å². The smallest absolute Gasteiger partial charge is 0.309 e. The van der Waals surface area contributed by atoms with Crippen LogP contribution in [0.4, 0.5) is 0 Å². The van der Waals surface area contributed by atoms with Gasteiger partial charge in [-0.2, -0.15) is 0 Å². The molecular weight excluding hydrogens is 286 g/mol. The number of para-hydroxylation sites is 1. The zero-order chi connectivity index (χ0) is 15.5. The Balaban J connectivity index is 1.71. The Morgan fingerprint density at radius 2 is 2.32 bits per heavy atom. The van der Waals surface area contributed by atoms with Crippen LogP contribution in [-0.2, 0) is 16.1 Å². The highest BCUT2D eigenvalue weighted by Gasteiger charge is 2.33. The van der Waals surface area contributed by atoms with E-state index in [4.69, 9.17) is 9.57 Å². The van der Waals surface area contributed by atoms with Gasteiger partial charge in [0.25, 0.3) is 0 Å². The summed E-state index contributed by atoms with van der Waals surface area (Å²) < 4.78 is 5.74. The first-order valence-electron chi connectivity index (χ1n) is 7.21. The SMILES string of the molecule is CC(C(=O)O)C(NC1COc2ccccc2C1)N1C=CON1. The van der Waals surface area contributed by atoms with Gasteiger partial charge in [0.1, 0.15) is 24.8 Å². The first kappa shape index (κ1) is 14.7. The van der Waals surface area contributed by atoms with E-state index in [0.717, 1.165) is 17.7 Å². The summed E-state index contributed by atoms with van der Waals surface area (Å²) in [4.78, 5) is 16.3. The van der Waals surface area contributed by atoms with Gasteiger partial charge >= 0.3 is 5.97 Å². The fourth-order valence-electron chi connectivity index (χ4n) is 2.64. The number of nitrogens with zero attached hydrogens (tertiary/aromatic N) is 1. The highest BCUT2D eigenvalue weighted by Crippen LogP contribution is 2.24. The maximum Gasteiger partial charge on any atom is 0.309 e. The molecule has 2 heterocycles. The molecule has 0 fully saturated rings. The van der Waals surface area contributed by atoms with Gasteiger partial charge in [-0.05, 0) is 25.0 Å². The van der Waals surface area contributed by atoms with Gasteiger partial charge in [-0.25, -0.2) is 0 Å². The molecule has 0 saturated heterocycles. The number of benzene rings is 1. The standard InChI is InChI=1S/C15H19N3O4/c1-10(15(19)20)14(18-6-7-22-17-18)16-12-8-11-4-2-3-5-13(11)21-9-12/h2-7,10,12,14,16-17H,8-9H2,1H3,(H,19,20). The molecule has 1 aromatic rings. The maximum atomic E-state index is 11.3. The number of carbonyl (C=O) groups is 1. The Kier molecular flexibility index (Phi) is 4.17. The Morgan fingerprint density at radius 1 is 1.50 bits per heavy atom. The van der Waals surface area contributed by atoms with Crippen molar-refractivity contribution in [1.29, 1.82) is 0 Å². The first-order chi connectivity index (χ1) is 10.6. The highest BCUT2D eigenvalue weighted by molar-refractivity contribution is 5.70. The van der Waals surface area contributed by atoms with E-state index in [1.807, 2.05) is 24.3 Å². The molecule has 7 nitrogen and oxygen atoms in total. The van der Waals surface area contributed by atoms with Gasteiger partial charge in [-0.1, -0.05) is 23.8 Å². The van der Waals surface area contributed by atoms with Crippen LogP contribution in [-0.4, -0.2) is 34.9 Å². The number of rotatable bonds is 5. The monoisotopic (exact) mass is 305 g/mol. The number of hydrazine groups is 1. The minimum Gasteiger partial charge on any atom is -0.492 e. The average Bonchev–Trinajstić information content (AvgIpc) is 3.06. The summed E-state index contributed by atoms with van der Waals surface area (Å²) in [7, 11) is 0. The van der Waals surface area contributed by atoms with Crippen LogP contribution in [0.2, 0.25) is 0 Å². The van der Waals surface area contributed by atoms with E-state index in [9.17, 15) is 9.90 Å². The number of ether oxygens (including phenoxy) is 1. The first-order valence-corrected chi connectivity index (χ1v) is 7.21. The van der Waals surface area contributed by atoms with E-state index < -0.39 is 18.1 Å². The predicted molar refractivity (Wildman–Crippen MR) is 78.4 cm³/mol. The third kappa shape index (κ3) is 3.00. The van der Waals surface area contributed by atoms with Crippen molar-refractivity contribution in [3.63, 3.8) is 0 Å². The molecule has 3 atom stereocenters. The van der Waals surface area contributed by atoms with Gasteiger partial charge in [-0.15, -0.1) is 0 Å². The normalized spacial score (nSPS) is 22.4. The van der Waals surface area contributed by atoms with Gasteiger partial charge in [0, 0.05) is 6.04 Å². The van der Waals surface area contributed by atoms with E-state index >= 15 is 0 Å². The van der Waals surface area contributed by atoms with Crippen LogP contribution in [0.25, 0.3) is 0 Å². The molecule has 7 heteroatoms. The molecule has 118 valence electrons. The van der Waals surface area contributed by atoms with Crippen LogP contribution in [0.3, 0.4) is 0 Å². The highest BCUT2D eigenvalue weighted by atomic mass is 16.7. The van der Waals surface area contributed by atoms with E-state index in [0.29, 0.717) is 6.61 Å². The third-order valence-electron chi connectivity index (χ3n) is 3.90. The topological polar surface area (TPSA) is 83.1 Å². The number of hydrogen-bond acceptors (Lipinski definition) is 6. The Morgan fingerprint density at radius 3 is 3.05 bits per heavy atom. The van der Waals surface area contributed by atoms with Gasteiger partial charge in [0.05, 0.1) is 12.1 Å². The minimum absolute atomic E-state index is 0.0255. The summed E-state index contributed by atoms with van der Waals surface area (Å²) in [6.45, 7) is 2.16. The molecule has 0 bridgehead atoms. The number of fused-ring (bicyclic) bond motifs is 1. The second-order valence-corrected chi connectivity index (χ2v) is 5.46. The second kappa shape index (κ2) is 6.25. The third-order valence-corrected chi connectivity index (χ3v) is 3.90. The molecule has 3 N–H and O–H groups in total. The molecule has 0 amide bonds. The molecule has 0 spiro atoms. The molecule has 2 aliphatic heterocycles. The number of carboxylic acids is 1. The van der Waals surface area contributed by atoms with Crippen molar-refractivity contribution in [3.8, 4) is 5.75 Å². The van der Waals surface area contributed by atoms with Crippen LogP contribution in [0, 0.1) is 5.92 Å². The Labute approximate surface area is 128 Å². The fraction of sp³-hybridized carbons (Fsp3) is 0.400. The number of aliphatic carboxylic acids is 1. The van der Waals surface area contributed by atoms with Crippen molar-refractivity contribution in [2.75, 3.05) is 6.61 Å². The maximum absolute atomic E-state index is 11.3. The zero-order valence-electron chi connectivity index (χ0n) is 12.2. The second-order valence-electron chi connectivity index (χ2n) is 5.46. The van der Waals surface area contributed by atoms with Crippen molar-refractivity contribution in [3.05, 3.63) is 42.3 Å². The lowest BCUT2D eigenvalue weighted by Gasteiger charge is -2.35. The molecule has 3 rings (SSSR count). The lowest BCUT2D eigenvalue weighted by Crippen LogP contribution is -2.57. The fourth-order valence-corrected chi connectivity index (χ4v) is 2.64. The van der Waals surface area contributed by atoms with Crippen molar-refractivity contribution in [2.45, 2.75) is 25.6 Å². The summed E-state index contributed by atoms with van der Waals surface area (Å²) in [6.07, 6.45) is 3.47.